The molecule has 0 fully saturated rings. The first-order valence-corrected chi connectivity index (χ1v) is 5.59. The van der Waals surface area contributed by atoms with Crippen molar-refractivity contribution in [1.29, 1.82) is 0 Å². The zero-order chi connectivity index (χ0) is 10.9. The van der Waals surface area contributed by atoms with E-state index >= 15 is 0 Å². The van der Waals surface area contributed by atoms with Crippen LogP contribution in [0.1, 0.15) is 31.9 Å². The Morgan fingerprint density at radius 3 is 2.67 bits per heavy atom. The fourth-order valence-electron chi connectivity index (χ4n) is 1.46. The topological polar surface area (TPSA) is 34.1 Å². The van der Waals surface area contributed by atoms with Crippen molar-refractivity contribution in [2.24, 2.45) is 0 Å². The summed E-state index contributed by atoms with van der Waals surface area (Å²) in [6, 6.07) is 4.34. The number of hydrogen-bond acceptors (Lipinski definition) is 3. The third kappa shape index (κ3) is 4.40. The molecule has 0 spiro atoms. The highest BCUT2D eigenvalue weighted by Gasteiger charge is 2.09. The number of pyridine rings is 1. The fourth-order valence-corrected chi connectivity index (χ4v) is 1.46. The van der Waals surface area contributed by atoms with Gasteiger partial charge in [-0.25, -0.2) is 0 Å². The summed E-state index contributed by atoms with van der Waals surface area (Å²) in [5.41, 5.74) is 1.24. The molecule has 1 aromatic rings. The molecule has 3 nitrogen and oxygen atoms in total. The average molecular weight is 208 g/mol. The molecule has 3 heteroatoms. The van der Waals surface area contributed by atoms with Gasteiger partial charge in [-0.1, -0.05) is 13.8 Å². The number of hydrogen-bond donors (Lipinski definition) is 1. The molecule has 1 rings (SSSR count). The molecule has 84 valence electrons. The van der Waals surface area contributed by atoms with Crippen molar-refractivity contribution in [3.63, 3.8) is 0 Å². The normalized spacial score (nSPS) is 12.7. The summed E-state index contributed by atoms with van der Waals surface area (Å²) in [6.45, 7) is 6.73. The molecule has 1 aromatic heterocycles. The van der Waals surface area contributed by atoms with Crippen molar-refractivity contribution < 1.29 is 4.74 Å². The van der Waals surface area contributed by atoms with Crippen molar-refractivity contribution in [3.05, 3.63) is 30.1 Å². The molecule has 0 saturated carbocycles. The monoisotopic (exact) mass is 208 g/mol. The second kappa shape index (κ2) is 7.37. The van der Waals surface area contributed by atoms with Crippen LogP contribution >= 0.6 is 0 Å². The molecule has 0 radical (unpaired) electrons. The molecule has 1 unspecified atom stereocenters. The minimum Gasteiger partial charge on any atom is -0.379 e. The largest absolute Gasteiger partial charge is 0.379 e. The third-order valence-corrected chi connectivity index (χ3v) is 2.19. The van der Waals surface area contributed by atoms with Gasteiger partial charge in [0.05, 0.1) is 12.6 Å². The molecule has 0 aliphatic rings. The van der Waals surface area contributed by atoms with Gasteiger partial charge in [-0.2, -0.15) is 0 Å². The summed E-state index contributed by atoms with van der Waals surface area (Å²) in [5, 5.41) is 3.41. The molecule has 1 atom stereocenters. The summed E-state index contributed by atoms with van der Waals surface area (Å²) in [4.78, 5) is 4.02. The Bertz CT molecular complexity index is 251. The Morgan fingerprint density at radius 1 is 1.33 bits per heavy atom. The molecule has 0 saturated heterocycles. The van der Waals surface area contributed by atoms with Gasteiger partial charge in [-0.05, 0) is 30.7 Å². The van der Waals surface area contributed by atoms with E-state index in [1.807, 2.05) is 24.5 Å². The van der Waals surface area contributed by atoms with Crippen molar-refractivity contribution in [3.8, 4) is 0 Å². The summed E-state index contributed by atoms with van der Waals surface area (Å²) in [6.07, 6.45) is 4.70. The van der Waals surface area contributed by atoms with E-state index in [4.69, 9.17) is 4.74 Å². The van der Waals surface area contributed by atoms with E-state index < -0.39 is 0 Å². The van der Waals surface area contributed by atoms with E-state index in [2.05, 4.69) is 24.1 Å². The van der Waals surface area contributed by atoms with E-state index in [1.165, 1.54) is 5.56 Å². The van der Waals surface area contributed by atoms with Crippen molar-refractivity contribution >= 4 is 0 Å². The molecule has 0 amide bonds. The van der Waals surface area contributed by atoms with E-state index in [0.717, 1.165) is 26.2 Å². The molecule has 1 N–H and O–H groups in total. The number of aromatic nitrogens is 1. The van der Waals surface area contributed by atoms with Crippen LogP contribution in [-0.4, -0.2) is 24.7 Å². The van der Waals surface area contributed by atoms with Gasteiger partial charge in [-0.15, -0.1) is 0 Å². The quantitative estimate of drug-likeness (QED) is 0.697. The number of rotatable bonds is 7. The fraction of sp³-hybridized carbons (Fsp3) is 0.583. The Hall–Kier alpha value is -0.930. The van der Waals surface area contributed by atoms with Gasteiger partial charge in [0.1, 0.15) is 0 Å². The van der Waals surface area contributed by atoms with Crippen LogP contribution in [0.4, 0.5) is 0 Å². The maximum atomic E-state index is 5.57. The van der Waals surface area contributed by atoms with Crippen LogP contribution in [0.2, 0.25) is 0 Å². The minimum absolute atomic E-state index is 0.282. The van der Waals surface area contributed by atoms with Crippen LogP contribution in [-0.2, 0) is 4.74 Å². The summed E-state index contributed by atoms with van der Waals surface area (Å²) in [7, 11) is 0. The van der Waals surface area contributed by atoms with Crippen LogP contribution in [0, 0.1) is 0 Å². The Morgan fingerprint density at radius 2 is 2.07 bits per heavy atom. The molecule has 0 aliphatic carbocycles. The van der Waals surface area contributed by atoms with Crippen LogP contribution in [0.3, 0.4) is 0 Å². The van der Waals surface area contributed by atoms with Gasteiger partial charge in [0.2, 0.25) is 0 Å². The van der Waals surface area contributed by atoms with Crippen LogP contribution in [0.5, 0.6) is 0 Å². The maximum Gasteiger partial charge on any atom is 0.0661 e. The number of ether oxygens (including phenoxy) is 1. The lowest BCUT2D eigenvalue weighted by molar-refractivity contribution is 0.112. The van der Waals surface area contributed by atoms with Crippen LogP contribution < -0.4 is 5.32 Å². The number of nitrogens with zero attached hydrogens (tertiary/aromatic N) is 1. The molecule has 1 heterocycles. The molecule has 0 aromatic carbocycles. The van der Waals surface area contributed by atoms with E-state index in [9.17, 15) is 0 Å². The molecular formula is C12H20N2O. The second-order valence-electron chi connectivity index (χ2n) is 3.47. The van der Waals surface area contributed by atoms with Gasteiger partial charge >= 0.3 is 0 Å². The van der Waals surface area contributed by atoms with Crippen molar-refractivity contribution in [2.75, 3.05) is 19.8 Å². The first-order chi connectivity index (χ1) is 7.38. The van der Waals surface area contributed by atoms with Crippen LogP contribution in [0.25, 0.3) is 0 Å². The SMILES string of the molecule is CCCOCC(NCC)c1ccncc1. The smallest absolute Gasteiger partial charge is 0.0661 e. The Balaban J connectivity index is 2.50. The predicted molar refractivity (Wildman–Crippen MR) is 61.8 cm³/mol. The summed E-state index contributed by atoms with van der Waals surface area (Å²) >= 11 is 0. The summed E-state index contributed by atoms with van der Waals surface area (Å²) < 4.78 is 5.57. The molecule has 0 aliphatic heterocycles. The van der Waals surface area contributed by atoms with Gasteiger partial charge in [-0.3, -0.25) is 4.98 Å². The van der Waals surface area contributed by atoms with Gasteiger partial charge in [0, 0.05) is 19.0 Å². The highest BCUT2D eigenvalue weighted by molar-refractivity contribution is 5.14. The zero-order valence-corrected chi connectivity index (χ0v) is 9.57. The van der Waals surface area contributed by atoms with Crippen molar-refractivity contribution in [2.45, 2.75) is 26.3 Å². The predicted octanol–water partition coefficient (Wildman–Crippen LogP) is 2.16. The third-order valence-electron chi connectivity index (χ3n) is 2.19. The van der Waals surface area contributed by atoms with Gasteiger partial charge < -0.3 is 10.1 Å². The van der Waals surface area contributed by atoms with Crippen LogP contribution in [0.15, 0.2) is 24.5 Å². The first-order valence-electron chi connectivity index (χ1n) is 5.59. The van der Waals surface area contributed by atoms with E-state index in [-0.39, 0.29) is 6.04 Å². The number of likely N-dealkylation sites (N-methyl/N-ethyl adjacent to an activating group) is 1. The lowest BCUT2D eigenvalue weighted by atomic mass is 10.1. The first kappa shape index (κ1) is 12.1. The molecular weight excluding hydrogens is 188 g/mol. The Kier molecular flexibility index (Phi) is 5.97. The molecule has 15 heavy (non-hydrogen) atoms. The lowest BCUT2D eigenvalue weighted by Gasteiger charge is -2.17. The Labute approximate surface area is 91.9 Å². The summed E-state index contributed by atoms with van der Waals surface area (Å²) in [5.74, 6) is 0. The van der Waals surface area contributed by atoms with Crippen molar-refractivity contribution in [1.82, 2.24) is 10.3 Å². The lowest BCUT2D eigenvalue weighted by Crippen LogP contribution is -2.25. The zero-order valence-electron chi connectivity index (χ0n) is 9.57. The van der Waals surface area contributed by atoms with Gasteiger partial charge in [0.15, 0.2) is 0 Å². The highest BCUT2D eigenvalue weighted by Crippen LogP contribution is 2.11. The second-order valence-corrected chi connectivity index (χ2v) is 3.47. The maximum absolute atomic E-state index is 5.57. The standard InChI is InChI=1S/C12H20N2O/c1-3-9-15-10-12(14-4-2)11-5-7-13-8-6-11/h5-8,12,14H,3-4,9-10H2,1-2H3. The molecule has 0 bridgehead atoms. The van der Waals surface area contributed by atoms with E-state index in [1.54, 1.807) is 0 Å². The van der Waals surface area contributed by atoms with Gasteiger partial charge in [0.25, 0.3) is 0 Å². The minimum atomic E-state index is 0.282. The number of nitrogens with one attached hydrogen (secondary N) is 1. The average Bonchev–Trinajstić information content (AvgIpc) is 2.29. The highest BCUT2D eigenvalue weighted by atomic mass is 16.5. The van der Waals surface area contributed by atoms with E-state index in [0.29, 0.717) is 0 Å².